The van der Waals surface area contributed by atoms with Crippen molar-refractivity contribution in [3.63, 3.8) is 0 Å². The molecule has 0 radical (unpaired) electrons. The minimum atomic E-state index is -0.234. The number of nitrogens with zero attached hydrogens (tertiary/aromatic N) is 1. The highest BCUT2D eigenvalue weighted by molar-refractivity contribution is 5.33. The van der Waals surface area contributed by atoms with Crippen LogP contribution in [-0.4, -0.2) is 13.7 Å². The molecule has 2 rings (SSSR count). The maximum absolute atomic E-state index is 8.66. The second-order valence-electron chi connectivity index (χ2n) is 4.60. The molecule has 0 aliphatic heterocycles. The zero-order valence-corrected chi connectivity index (χ0v) is 12.0. The monoisotopic (exact) mass is 282 g/mol. The fraction of sp³-hybridized carbons (Fsp3) is 0.235. The van der Waals surface area contributed by atoms with Crippen molar-refractivity contribution in [2.75, 3.05) is 13.7 Å². The van der Waals surface area contributed by atoms with E-state index in [1.165, 1.54) is 0 Å². The van der Waals surface area contributed by atoms with E-state index in [0.717, 1.165) is 22.6 Å². The van der Waals surface area contributed by atoms with Crippen molar-refractivity contribution < 1.29 is 9.47 Å². The van der Waals surface area contributed by atoms with Gasteiger partial charge in [0.2, 0.25) is 0 Å². The van der Waals surface area contributed by atoms with Gasteiger partial charge in [-0.2, -0.15) is 5.26 Å². The second-order valence-corrected chi connectivity index (χ2v) is 4.60. The minimum absolute atomic E-state index is 0.234. The molecular formula is C17H18N2O2. The van der Waals surface area contributed by atoms with Crippen LogP contribution in [0.3, 0.4) is 0 Å². The van der Waals surface area contributed by atoms with Crippen LogP contribution in [0.1, 0.15) is 17.2 Å². The molecule has 4 nitrogen and oxygen atoms in total. The van der Waals surface area contributed by atoms with Crippen molar-refractivity contribution in [1.82, 2.24) is 0 Å². The van der Waals surface area contributed by atoms with E-state index in [1.54, 1.807) is 7.11 Å². The van der Waals surface area contributed by atoms with Gasteiger partial charge in [-0.15, -0.1) is 0 Å². The minimum Gasteiger partial charge on any atom is -0.497 e. The van der Waals surface area contributed by atoms with Crippen LogP contribution in [-0.2, 0) is 6.42 Å². The zero-order valence-electron chi connectivity index (χ0n) is 12.0. The number of ether oxygens (including phenoxy) is 2. The van der Waals surface area contributed by atoms with Crippen molar-refractivity contribution in [3.05, 3.63) is 59.7 Å². The maximum Gasteiger partial charge on any atom is 0.136 e. The summed E-state index contributed by atoms with van der Waals surface area (Å²) in [5.74, 6) is 1.51. The topological polar surface area (TPSA) is 68.3 Å². The summed E-state index contributed by atoms with van der Waals surface area (Å²) in [6.07, 6.45) is 0.165. The van der Waals surface area contributed by atoms with Gasteiger partial charge >= 0.3 is 0 Å². The third-order valence-corrected chi connectivity index (χ3v) is 3.16. The Labute approximate surface area is 124 Å². The first-order chi connectivity index (χ1) is 10.3. The van der Waals surface area contributed by atoms with Crippen molar-refractivity contribution in [3.8, 4) is 17.6 Å². The third-order valence-electron chi connectivity index (χ3n) is 3.16. The SMILES string of the molecule is COc1cccc(C(CN)Oc2ccc(CC#N)cc2)c1. The van der Waals surface area contributed by atoms with Crippen LogP contribution in [0.25, 0.3) is 0 Å². The van der Waals surface area contributed by atoms with Gasteiger partial charge in [0.15, 0.2) is 0 Å². The van der Waals surface area contributed by atoms with Crippen molar-refractivity contribution >= 4 is 0 Å². The zero-order chi connectivity index (χ0) is 15.1. The van der Waals surface area contributed by atoms with Crippen LogP contribution >= 0.6 is 0 Å². The standard InChI is InChI=1S/C17H18N2O2/c1-20-16-4-2-3-14(11-16)17(12-19)21-15-7-5-13(6-8-15)9-10-18/h2-8,11,17H,9,12,19H2,1H3. The lowest BCUT2D eigenvalue weighted by molar-refractivity contribution is 0.213. The van der Waals surface area contributed by atoms with Gasteiger partial charge in [-0.1, -0.05) is 24.3 Å². The van der Waals surface area contributed by atoms with E-state index in [0.29, 0.717) is 13.0 Å². The van der Waals surface area contributed by atoms with Crippen LogP contribution in [0.2, 0.25) is 0 Å². The fourth-order valence-corrected chi connectivity index (χ4v) is 2.04. The Morgan fingerprint density at radius 2 is 1.90 bits per heavy atom. The van der Waals surface area contributed by atoms with E-state index in [1.807, 2.05) is 48.5 Å². The summed E-state index contributed by atoms with van der Waals surface area (Å²) in [7, 11) is 1.63. The Hall–Kier alpha value is -2.51. The van der Waals surface area contributed by atoms with Gasteiger partial charge in [0.1, 0.15) is 17.6 Å². The summed E-state index contributed by atoms with van der Waals surface area (Å²) < 4.78 is 11.1. The highest BCUT2D eigenvalue weighted by Gasteiger charge is 2.12. The molecule has 4 heteroatoms. The van der Waals surface area contributed by atoms with Gasteiger partial charge in [-0.3, -0.25) is 0 Å². The van der Waals surface area contributed by atoms with Gasteiger partial charge < -0.3 is 15.2 Å². The van der Waals surface area contributed by atoms with E-state index in [4.69, 9.17) is 20.5 Å². The lowest BCUT2D eigenvalue weighted by Crippen LogP contribution is -2.18. The first-order valence-electron chi connectivity index (χ1n) is 6.73. The summed E-state index contributed by atoms with van der Waals surface area (Å²) in [5, 5.41) is 8.66. The van der Waals surface area contributed by atoms with Gasteiger partial charge in [-0.25, -0.2) is 0 Å². The van der Waals surface area contributed by atoms with E-state index in [2.05, 4.69) is 6.07 Å². The summed E-state index contributed by atoms with van der Waals surface area (Å²) in [6.45, 7) is 0.368. The predicted octanol–water partition coefficient (Wildman–Crippen LogP) is 2.84. The normalized spacial score (nSPS) is 11.5. The van der Waals surface area contributed by atoms with Crippen molar-refractivity contribution in [2.45, 2.75) is 12.5 Å². The molecule has 0 aliphatic carbocycles. The summed E-state index contributed by atoms with van der Waals surface area (Å²) in [6, 6.07) is 17.3. The van der Waals surface area contributed by atoms with E-state index in [-0.39, 0.29) is 6.10 Å². The lowest BCUT2D eigenvalue weighted by Gasteiger charge is -2.18. The van der Waals surface area contributed by atoms with Crippen molar-refractivity contribution in [2.24, 2.45) is 5.73 Å². The van der Waals surface area contributed by atoms with E-state index in [9.17, 15) is 0 Å². The molecule has 1 unspecified atom stereocenters. The highest BCUT2D eigenvalue weighted by atomic mass is 16.5. The number of methoxy groups -OCH3 is 1. The molecule has 0 heterocycles. The molecule has 0 spiro atoms. The van der Waals surface area contributed by atoms with E-state index < -0.39 is 0 Å². The van der Waals surface area contributed by atoms with Crippen LogP contribution in [0.4, 0.5) is 0 Å². The molecule has 0 bridgehead atoms. The van der Waals surface area contributed by atoms with Crippen LogP contribution < -0.4 is 15.2 Å². The van der Waals surface area contributed by atoms with Crippen LogP contribution in [0.5, 0.6) is 11.5 Å². The maximum atomic E-state index is 8.66. The molecule has 21 heavy (non-hydrogen) atoms. The third kappa shape index (κ3) is 3.98. The summed E-state index contributed by atoms with van der Waals surface area (Å²) in [4.78, 5) is 0. The van der Waals surface area contributed by atoms with Crippen LogP contribution in [0.15, 0.2) is 48.5 Å². The van der Waals surface area contributed by atoms with Gasteiger partial charge in [0, 0.05) is 6.54 Å². The number of benzene rings is 2. The highest BCUT2D eigenvalue weighted by Crippen LogP contribution is 2.24. The molecule has 108 valence electrons. The largest absolute Gasteiger partial charge is 0.497 e. The molecule has 2 aromatic carbocycles. The first-order valence-corrected chi connectivity index (χ1v) is 6.73. The lowest BCUT2D eigenvalue weighted by atomic mass is 10.1. The number of hydrogen-bond acceptors (Lipinski definition) is 4. The number of nitriles is 1. The average molecular weight is 282 g/mol. The Morgan fingerprint density at radius 1 is 1.14 bits per heavy atom. The Morgan fingerprint density at radius 3 is 2.52 bits per heavy atom. The molecule has 0 saturated carbocycles. The molecule has 0 fully saturated rings. The fourth-order valence-electron chi connectivity index (χ4n) is 2.04. The molecule has 2 N–H and O–H groups in total. The average Bonchev–Trinajstić information content (AvgIpc) is 2.54. The Bertz CT molecular complexity index is 617. The summed E-state index contributed by atoms with van der Waals surface area (Å²) >= 11 is 0. The smallest absolute Gasteiger partial charge is 0.136 e. The number of hydrogen-bond donors (Lipinski definition) is 1. The van der Waals surface area contributed by atoms with Gasteiger partial charge in [-0.05, 0) is 35.4 Å². The van der Waals surface area contributed by atoms with Crippen molar-refractivity contribution in [1.29, 1.82) is 5.26 Å². The number of nitrogens with two attached hydrogens (primary N) is 1. The van der Waals surface area contributed by atoms with E-state index >= 15 is 0 Å². The Balaban J connectivity index is 2.13. The van der Waals surface area contributed by atoms with Gasteiger partial charge in [0.05, 0.1) is 19.6 Å². The second kappa shape index (κ2) is 7.32. The first kappa shape index (κ1) is 14.9. The molecule has 0 saturated heterocycles. The molecule has 0 aromatic heterocycles. The quantitative estimate of drug-likeness (QED) is 0.884. The molecule has 1 atom stereocenters. The molecular weight excluding hydrogens is 264 g/mol. The van der Waals surface area contributed by atoms with Gasteiger partial charge in [0.25, 0.3) is 0 Å². The molecule has 0 aliphatic rings. The van der Waals surface area contributed by atoms with Crippen LogP contribution in [0, 0.1) is 11.3 Å². The molecule has 2 aromatic rings. The summed E-state index contributed by atoms with van der Waals surface area (Å²) in [5.41, 5.74) is 7.75. The Kier molecular flexibility index (Phi) is 5.19. The predicted molar refractivity (Wildman–Crippen MR) is 81.2 cm³/mol. The molecule has 0 amide bonds. The number of rotatable bonds is 6.